The van der Waals surface area contributed by atoms with Crippen LogP contribution < -0.4 is 10.2 Å². The molecule has 78 valence electrons. The van der Waals surface area contributed by atoms with Gasteiger partial charge in [-0.1, -0.05) is 0 Å². The summed E-state index contributed by atoms with van der Waals surface area (Å²) >= 11 is 0. The van der Waals surface area contributed by atoms with Crippen molar-refractivity contribution < 1.29 is 0 Å². The zero-order valence-electron chi connectivity index (χ0n) is 8.90. The minimum Gasteiger partial charge on any atom is -0.364 e. The van der Waals surface area contributed by atoms with Gasteiger partial charge < -0.3 is 10.2 Å². The van der Waals surface area contributed by atoms with Crippen molar-refractivity contribution in [2.45, 2.75) is 26.4 Å². The van der Waals surface area contributed by atoms with Crippen LogP contribution in [0, 0.1) is 0 Å². The minimum atomic E-state index is 0.568. The normalized spacial score (nSPS) is 22.7. The zero-order valence-corrected chi connectivity index (χ0v) is 8.90. The molecule has 1 fully saturated rings. The lowest BCUT2D eigenvalue weighted by molar-refractivity contribution is 0.500. The maximum atomic E-state index is 4.30. The molecule has 1 aromatic rings. The molecule has 0 aromatic carbocycles. The summed E-state index contributed by atoms with van der Waals surface area (Å²) in [6, 6.07) is 0.568. The molecule has 0 radical (unpaired) electrons. The summed E-state index contributed by atoms with van der Waals surface area (Å²) < 4.78 is 1.98. The topological polar surface area (TPSA) is 33.1 Å². The van der Waals surface area contributed by atoms with Crippen molar-refractivity contribution in [2.24, 2.45) is 0 Å². The van der Waals surface area contributed by atoms with Crippen molar-refractivity contribution in [3.8, 4) is 0 Å². The number of rotatable bonds is 2. The molecular weight excluding hydrogens is 176 g/mol. The molecule has 1 aliphatic heterocycles. The van der Waals surface area contributed by atoms with Gasteiger partial charge in [0, 0.05) is 38.4 Å². The van der Waals surface area contributed by atoms with E-state index < -0.39 is 0 Å². The maximum absolute atomic E-state index is 4.30. The van der Waals surface area contributed by atoms with E-state index in [4.69, 9.17) is 0 Å². The number of nitrogens with one attached hydrogen (secondary N) is 1. The number of aromatic nitrogens is 2. The van der Waals surface area contributed by atoms with E-state index in [1.54, 1.807) is 0 Å². The molecule has 0 bridgehead atoms. The fourth-order valence-corrected chi connectivity index (χ4v) is 1.90. The van der Waals surface area contributed by atoms with Gasteiger partial charge in [-0.25, -0.2) is 0 Å². The lowest BCUT2D eigenvalue weighted by Crippen LogP contribution is -2.49. The van der Waals surface area contributed by atoms with Crippen molar-refractivity contribution in [1.29, 1.82) is 0 Å². The van der Waals surface area contributed by atoms with Crippen molar-refractivity contribution in [2.75, 3.05) is 24.5 Å². The van der Waals surface area contributed by atoms with E-state index in [9.17, 15) is 0 Å². The number of nitrogens with zero attached hydrogens (tertiary/aromatic N) is 3. The smallest absolute Gasteiger partial charge is 0.0755 e. The first-order chi connectivity index (χ1) is 6.81. The summed E-state index contributed by atoms with van der Waals surface area (Å²) in [5, 5.41) is 7.69. The Kier molecular flexibility index (Phi) is 2.72. The van der Waals surface area contributed by atoms with Crippen molar-refractivity contribution in [3.63, 3.8) is 0 Å². The second kappa shape index (κ2) is 4.00. The van der Waals surface area contributed by atoms with Crippen molar-refractivity contribution >= 4 is 5.69 Å². The molecule has 0 amide bonds. The summed E-state index contributed by atoms with van der Waals surface area (Å²) in [6.45, 7) is 8.52. The summed E-state index contributed by atoms with van der Waals surface area (Å²) in [5.41, 5.74) is 1.25. The molecule has 0 spiro atoms. The van der Waals surface area contributed by atoms with Gasteiger partial charge in [0.1, 0.15) is 0 Å². The number of hydrogen-bond donors (Lipinski definition) is 1. The van der Waals surface area contributed by atoms with Gasteiger partial charge in [0.05, 0.1) is 11.9 Å². The molecule has 0 aliphatic carbocycles. The Hall–Kier alpha value is -1.03. The van der Waals surface area contributed by atoms with Crippen LogP contribution in [0.3, 0.4) is 0 Å². The van der Waals surface area contributed by atoms with Crippen molar-refractivity contribution in [1.82, 2.24) is 15.1 Å². The number of aryl methyl sites for hydroxylation is 1. The first kappa shape index (κ1) is 9.52. The van der Waals surface area contributed by atoms with Crippen LogP contribution in [0.25, 0.3) is 0 Å². The summed E-state index contributed by atoms with van der Waals surface area (Å²) in [6.07, 6.45) is 4.09. The quantitative estimate of drug-likeness (QED) is 0.752. The molecular formula is C10H18N4. The molecule has 1 atom stereocenters. The van der Waals surface area contributed by atoms with Crippen molar-refractivity contribution in [3.05, 3.63) is 12.4 Å². The number of hydrogen-bond acceptors (Lipinski definition) is 3. The van der Waals surface area contributed by atoms with Crippen LogP contribution in [0.15, 0.2) is 12.4 Å². The molecule has 1 aliphatic rings. The Morgan fingerprint density at radius 3 is 3.14 bits per heavy atom. The lowest BCUT2D eigenvalue weighted by Gasteiger charge is -2.34. The van der Waals surface area contributed by atoms with Gasteiger partial charge >= 0.3 is 0 Å². The predicted octanol–water partition coefficient (Wildman–Crippen LogP) is 0.701. The highest BCUT2D eigenvalue weighted by atomic mass is 15.3. The minimum absolute atomic E-state index is 0.568. The Morgan fingerprint density at radius 1 is 1.64 bits per heavy atom. The average molecular weight is 194 g/mol. The van der Waals surface area contributed by atoms with Gasteiger partial charge in [0.15, 0.2) is 0 Å². The molecule has 14 heavy (non-hydrogen) atoms. The van der Waals surface area contributed by atoms with E-state index >= 15 is 0 Å². The third kappa shape index (κ3) is 1.75. The second-order valence-corrected chi connectivity index (χ2v) is 3.80. The van der Waals surface area contributed by atoms with E-state index in [1.165, 1.54) is 5.69 Å². The summed E-state index contributed by atoms with van der Waals surface area (Å²) in [5.74, 6) is 0. The van der Waals surface area contributed by atoms with Gasteiger partial charge in [0.2, 0.25) is 0 Å². The van der Waals surface area contributed by atoms with E-state index in [-0.39, 0.29) is 0 Å². The molecule has 2 rings (SSSR count). The van der Waals surface area contributed by atoms with Crippen LogP contribution in [0.2, 0.25) is 0 Å². The Bertz CT molecular complexity index is 294. The highest BCUT2D eigenvalue weighted by Crippen LogP contribution is 2.16. The monoisotopic (exact) mass is 194 g/mol. The number of anilines is 1. The first-order valence-electron chi connectivity index (χ1n) is 5.31. The SMILES string of the molecule is CCn1cc(N2CCNCC2C)cn1. The molecule has 1 unspecified atom stereocenters. The van der Waals surface area contributed by atoms with Crippen LogP contribution in [0.1, 0.15) is 13.8 Å². The van der Waals surface area contributed by atoms with Gasteiger partial charge in [-0.3, -0.25) is 4.68 Å². The van der Waals surface area contributed by atoms with E-state index in [1.807, 2.05) is 10.9 Å². The van der Waals surface area contributed by atoms with Gasteiger partial charge in [-0.05, 0) is 13.8 Å². The molecule has 4 heteroatoms. The first-order valence-corrected chi connectivity index (χ1v) is 5.31. The van der Waals surface area contributed by atoms with Crippen LogP contribution >= 0.6 is 0 Å². The maximum Gasteiger partial charge on any atom is 0.0755 e. The van der Waals surface area contributed by atoms with E-state index in [0.717, 1.165) is 26.2 Å². The van der Waals surface area contributed by atoms with Gasteiger partial charge in [-0.15, -0.1) is 0 Å². The molecule has 4 nitrogen and oxygen atoms in total. The molecule has 2 heterocycles. The predicted molar refractivity (Wildman–Crippen MR) is 57.6 cm³/mol. The molecule has 1 N–H and O–H groups in total. The average Bonchev–Trinajstić information content (AvgIpc) is 2.67. The summed E-state index contributed by atoms with van der Waals surface area (Å²) in [7, 11) is 0. The summed E-state index contributed by atoms with van der Waals surface area (Å²) in [4.78, 5) is 2.41. The molecule has 1 saturated heterocycles. The largest absolute Gasteiger partial charge is 0.364 e. The van der Waals surface area contributed by atoms with Crippen LogP contribution in [0.4, 0.5) is 5.69 Å². The van der Waals surface area contributed by atoms with Gasteiger partial charge in [-0.2, -0.15) is 5.10 Å². The Morgan fingerprint density at radius 2 is 2.50 bits per heavy atom. The highest BCUT2D eigenvalue weighted by Gasteiger charge is 2.18. The lowest BCUT2D eigenvalue weighted by atomic mass is 10.2. The third-order valence-corrected chi connectivity index (χ3v) is 2.78. The number of piperazine rings is 1. The Labute approximate surface area is 84.9 Å². The molecule has 1 aromatic heterocycles. The fourth-order valence-electron chi connectivity index (χ4n) is 1.90. The fraction of sp³-hybridized carbons (Fsp3) is 0.700. The molecule has 0 saturated carbocycles. The van der Waals surface area contributed by atoms with E-state index in [2.05, 4.69) is 35.4 Å². The van der Waals surface area contributed by atoms with Crippen LogP contribution in [-0.4, -0.2) is 35.5 Å². The van der Waals surface area contributed by atoms with Crippen LogP contribution in [-0.2, 0) is 6.54 Å². The highest BCUT2D eigenvalue weighted by molar-refractivity contribution is 5.44. The van der Waals surface area contributed by atoms with Crippen LogP contribution in [0.5, 0.6) is 0 Å². The van der Waals surface area contributed by atoms with E-state index in [0.29, 0.717) is 6.04 Å². The third-order valence-electron chi connectivity index (χ3n) is 2.78. The Balaban J connectivity index is 2.12. The standard InChI is InChI=1S/C10H18N4/c1-3-13-8-10(7-12-13)14-5-4-11-6-9(14)2/h7-9,11H,3-6H2,1-2H3. The van der Waals surface area contributed by atoms with Gasteiger partial charge in [0.25, 0.3) is 0 Å². The second-order valence-electron chi connectivity index (χ2n) is 3.80. The zero-order chi connectivity index (χ0) is 9.97.